The first-order valence-corrected chi connectivity index (χ1v) is 9.52. The molecule has 0 aromatic carbocycles. The Bertz CT molecular complexity index is 1020. The van der Waals surface area contributed by atoms with E-state index in [9.17, 15) is 101 Å². The number of nitrogens with zero attached hydrogens (tertiary/aromatic N) is 12. The summed E-state index contributed by atoms with van der Waals surface area (Å²) in [5.74, 6) is -8.80. The Morgan fingerprint density at radius 1 is 0.390 bits per heavy atom. The predicted octanol–water partition coefficient (Wildman–Crippen LogP) is -3.03. The highest BCUT2D eigenvalue weighted by molar-refractivity contribution is 4.75. The molecule has 0 aromatic rings. The Kier molecular flexibility index (Phi) is 10.5. The maximum atomic E-state index is 11.6. The lowest BCUT2D eigenvalue weighted by atomic mass is 10.1. The van der Waals surface area contributed by atoms with Crippen molar-refractivity contribution in [2.24, 2.45) is 0 Å². The van der Waals surface area contributed by atoms with Crippen LogP contribution in [0.2, 0.25) is 0 Å². The lowest BCUT2D eigenvalue weighted by Crippen LogP contribution is -2.63. The van der Waals surface area contributed by atoms with Crippen LogP contribution >= 0.6 is 0 Å². The van der Waals surface area contributed by atoms with Crippen LogP contribution in [-0.4, -0.2) is 103 Å². The van der Waals surface area contributed by atoms with Crippen molar-refractivity contribution in [3.63, 3.8) is 0 Å². The minimum Gasteiger partial charge on any atom is -0.258 e. The van der Waals surface area contributed by atoms with Crippen LogP contribution in [0.25, 0.3) is 0 Å². The van der Waals surface area contributed by atoms with Crippen molar-refractivity contribution in [3.8, 4) is 0 Å². The fourth-order valence-corrected chi connectivity index (χ4v) is 2.87. The van der Waals surface area contributed by atoms with Gasteiger partial charge in [0.2, 0.25) is 13.1 Å². The molecule has 32 nitrogen and oxygen atoms in total. The van der Waals surface area contributed by atoms with Crippen molar-refractivity contribution in [3.05, 3.63) is 101 Å². The van der Waals surface area contributed by atoms with Crippen LogP contribution in [0.15, 0.2) is 0 Å². The van der Waals surface area contributed by atoms with Gasteiger partial charge in [-0.15, -0.1) is 10.0 Å². The molecule has 0 unspecified atom stereocenters. The van der Waals surface area contributed by atoms with Crippen LogP contribution in [0.3, 0.4) is 0 Å². The first-order valence-electron chi connectivity index (χ1n) is 9.52. The summed E-state index contributed by atoms with van der Waals surface area (Å²) in [5, 5.41) is 107. The topological polar surface area (TPSA) is 438 Å². The normalized spacial score (nSPS) is 11.5. The van der Waals surface area contributed by atoms with E-state index in [1.165, 1.54) is 0 Å². The Morgan fingerprint density at radius 3 is 0.756 bits per heavy atom. The van der Waals surface area contributed by atoms with Crippen LogP contribution in [0.1, 0.15) is 12.8 Å². The molecule has 0 saturated heterocycles. The molecule has 0 aliphatic heterocycles. The molecule has 0 N–H and O–H groups in total. The molecule has 0 aromatic heterocycles. The van der Waals surface area contributed by atoms with Crippen LogP contribution < -0.4 is 0 Å². The zero-order chi connectivity index (χ0) is 32.7. The smallest absolute Gasteiger partial charge is 0.258 e. The summed E-state index contributed by atoms with van der Waals surface area (Å²) in [6, 6.07) is 0. The van der Waals surface area contributed by atoms with Crippen molar-refractivity contribution in [2.75, 3.05) is 26.2 Å². The average molecular weight is 608 g/mol. The highest BCUT2D eigenvalue weighted by Crippen LogP contribution is 2.23. The summed E-state index contributed by atoms with van der Waals surface area (Å²) >= 11 is 0. The van der Waals surface area contributed by atoms with Crippen LogP contribution in [0.5, 0.6) is 0 Å². The van der Waals surface area contributed by atoms with E-state index >= 15 is 0 Å². The van der Waals surface area contributed by atoms with E-state index in [1.54, 1.807) is 0 Å². The zero-order valence-corrected chi connectivity index (χ0v) is 19.3. The Balaban J connectivity index is 6.63. The van der Waals surface area contributed by atoms with E-state index in [1.807, 2.05) is 0 Å². The summed E-state index contributed by atoms with van der Waals surface area (Å²) in [5.41, 5.74) is -4.21. The molecule has 0 rings (SSSR count). The van der Waals surface area contributed by atoms with E-state index in [2.05, 4.69) is 0 Å². The molecule has 0 heterocycles. The molecule has 0 aliphatic rings. The monoisotopic (exact) mass is 608 g/mol. The second-order valence-corrected chi connectivity index (χ2v) is 7.34. The van der Waals surface area contributed by atoms with Crippen LogP contribution in [0, 0.1) is 101 Å². The Hall–Kier alpha value is -6.40. The van der Waals surface area contributed by atoms with Crippen LogP contribution in [-0.2, 0) is 0 Å². The van der Waals surface area contributed by atoms with Gasteiger partial charge in [0.1, 0.15) is 22.9 Å². The van der Waals surface area contributed by atoms with E-state index in [4.69, 9.17) is 0 Å². The maximum absolute atomic E-state index is 11.6. The van der Waals surface area contributed by atoms with Gasteiger partial charge in [-0.3, -0.25) is 80.9 Å². The van der Waals surface area contributed by atoms with Gasteiger partial charge in [-0.05, 0) is 0 Å². The Labute approximate surface area is 218 Å². The van der Waals surface area contributed by atoms with Gasteiger partial charge in [0, 0.05) is 0 Å². The predicted molar refractivity (Wildman–Crippen MR) is 111 cm³/mol. The molecule has 0 bridgehead atoms. The molecule has 0 amide bonds. The third-order valence-corrected chi connectivity index (χ3v) is 5.18. The highest BCUT2D eigenvalue weighted by Gasteiger charge is 2.72. The first-order chi connectivity index (χ1) is 18.6. The quantitative estimate of drug-likeness (QED) is 0.0753. The van der Waals surface area contributed by atoms with Gasteiger partial charge in [0.15, 0.2) is 52.4 Å². The number of nitro groups is 10. The molecule has 0 aliphatic carbocycles. The third-order valence-electron chi connectivity index (χ3n) is 5.18. The molecule has 0 radical (unpaired) electrons. The lowest BCUT2D eigenvalue weighted by molar-refractivity contribution is -0.971. The van der Waals surface area contributed by atoms with E-state index in [0.717, 1.165) is 0 Å². The van der Waals surface area contributed by atoms with Gasteiger partial charge >= 0.3 is 17.2 Å². The molecule has 41 heavy (non-hydrogen) atoms. The minimum absolute atomic E-state index is 0.746. The largest absolute Gasteiger partial charge is 0.701 e. The number of hydrogen-bond donors (Lipinski definition) is 0. The SMILES string of the molecule is O=[N+]([O-])N(CCC([N+](=O)[O-])([N+](=O)[O-])[N+](=O)[O-])CC(CN(CCC([N+](=O)[O-])([N+](=O)[O-])[N+](=O)[O-])[N+](=O)[O-])([N+](=O)[O-])[N+](=O)[O-]. The number of hydrogen-bond acceptors (Lipinski definition) is 20. The van der Waals surface area contributed by atoms with Gasteiger partial charge in [-0.1, -0.05) is 0 Å². The summed E-state index contributed by atoms with van der Waals surface area (Å²) in [7, 11) is 0. The second kappa shape index (κ2) is 12.4. The van der Waals surface area contributed by atoms with E-state index in [-0.39, 0.29) is 0 Å². The molecular formula is C9H12N12O20. The fraction of sp³-hybridized carbons (Fsp3) is 1.00. The standard InChI is InChI=1S/C9H12N12O20/c22-12(23)7(13(24)25,5-10(20(38)39)3-1-8(14(26)27,15(28)29)16(30)31)6-11(21(40)41)4-2-9(17(32)33,18(34)35)19(36)37/h1-6H2. The van der Waals surface area contributed by atoms with E-state index in [0.29, 0.717) is 0 Å². The summed E-state index contributed by atoms with van der Waals surface area (Å²) in [6.07, 6.45) is -4.11. The number of rotatable bonds is 20. The third kappa shape index (κ3) is 6.54. The van der Waals surface area contributed by atoms with Crippen molar-refractivity contribution < 1.29 is 49.5 Å². The first kappa shape index (κ1) is 34.6. The van der Waals surface area contributed by atoms with E-state index < -0.39 is 116 Å². The van der Waals surface area contributed by atoms with Crippen molar-refractivity contribution in [1.82, 2.24) is 10.0 Å². The molecule has 0 atom stereocenters. The highest BCUT2D eigenvalue weighted by atomic mass is 16.8. The van der Waals surface area contributed by atoms with Gasteiger partial charge < -0.3 is 0 Å². The van der Waals surface area contributed by atoms with Gasteiger partial charge in [0.05, 0.1) is 0 Å². The van der Waals surface area contributed by atoms with Crippen molar-refractivity contribution in [2.45, 2.75) is 30.1 Å². The zero-order valence-electron chi connectivity index (χ0n) is 19.3. The molecule has 0 saturated carbocycles. The second-order valence-electron chi connectivity index (χ2n) is 7.34. The molecule has 228 valence electrons. The maximum Gasteiger partial charge on any atom is 0.701 e. The van der Waals surface area contributed by atoms with Crippen molar-refractivity contribution in [1.29, 1.82) is 0 Å². The van der Waals surface area contributed by atoms with Gasteiger partial charge in [-0.25, -0.2) is 20.2 Å². The molecular weight excluding hydrogens is 596 g/mol. The van der Waals surface area contributed by atoms with Crippen molar-refractivity contribution >= 4 is 0 Å². The Morgan fingerprint density at radius 2 is 0.610 bits per heavy atom. The summed E-state index contributed by atoms with van der Waals surface area (Å²) in [4.78, 5) is 95.3. The summed E-state index contributed by atoms with van der Waals surface area (Å²) in [6.45, 7) is -8.30. The molecule has 0 spiro atoms. The molecule has 0 fully saturated rings. The van der Waals surface area contributed by atoms with Gasteiger partial charge in [0.25, 0.3) is 0 Å². The minimum atomic E-state index is -4.40. The average Bonchev–Trinajstić information content (AvgIpc) is 2.79. The number of hydrazine groups is 2. The summed E-state index contributed by atoms with van der Waals surface area (Å²) < 4.78 is 0. The van der Waals surface area contributed by atoms with Gasteiger partial charge in [-0.2, -0.15) is 0 Å². The molecule has 32 heteroatoms. The lowest BCUT2D eigenvalue weighted by Gasteiger charge is -2.23. The van der Waals surface area contributed by atoms with Crippen LogP contribution in [0.4, 0.5) is 0 Å². The fourth-order valence-electron chi connectivity index (χ4n) is 2.87.